The first kappa shape index (κ1) is 26.4. The smallest absolute Gasteiger partial charge is 0.253 e. The Labute approximate surface area is 232 Å². The van der Waals surface area contributed by atoms with Crippen LogP contribution in [0.1, 0.15) is 22.3 Å². The van der Waals surface area contributed by atoms with Crippen molar-refractivity contribution >= 4 is 40.2 Å². The van der Waals surface area contributed by atoms with E-state index in [1.807, 2.05) is 40.1 Å². The van der Waals surface area contributed by atoms with Gasteiger partial charge in [0.05, 0.1) is 24.8 Å². The summed E-state index contributed by atoms with van der Waals surface area (Å²) < 4.78 is 16.6. The topological polar surface area (TPSA) is 103 Å². The molecule has 3 aromatic carbocycles. The molecular weight excluding hydrogens is 518 g/mol. The van der Waals surface area contributed by atoms with Crippen molar-refractivity contribution in [3.05, 3.63) is 76.8 Å². The number of hydrogen-bond acceptors (Lipinski definition) is 8. The van der Waals surface area contributed by atoms with E-state index in [4.69, 9.17) is 36.5 Å². The van der Waals surface area contributed by atoms with Crippen LogP contribution >= 0.6 is 11.6 Å². The van der Waals surface area contributed by atoms with E-state index in [1.165, 1.54) is 0 Å². The molecule has 2 N–H and O–H groups in total. The fourth-order valence-corrected chi connectivity index (χ4v) is 4.83. The second-order valence-corrected chi connectivity index (χ2v) is 9.59. The van der Waals surface area contributed by atoms with Gasteiger partial charge in [0.2, 0.25) is 5.95 Å². The standard InChI is InChI=1S/C29H30ClN5O4/c1-37-25-16-21-23(17-26(25)38-2)32-29(33-27(21)31)35-12-6-11-34(13-14-35)28(36)20-9-10-24(22(30)15-20)39-18-19-7-4-3-5-8-19/h3-5,7-10,15-17H,6,11-14,18H2,1-2H3,(H2,31,32,33). The molecule has 1 amide bonds. The molecule has 202 valence electrons. The second-order valence-electron chi connectivity index (χ2n) is 9.19. The summed E-state index contributed by atoms with van der Waals surface area (Å²) in [6.45, 7) is 2.77. The highest BCUT2D eigenvalue weighted by atomic mass is 35.5. The number of methoxy groups -OCH3 is 2. The van der Waals surface area contributed by atoms with Crippen molar-refractivity contribution in [1.29, 1.82) is 0 Å². The number of ether oxygens (including phenoxy) is 3. The van der Waals surface area contributed by atoms with Gasteiger partial charge in [0.15, 0.2) is 11.5 Å². The van der Waals surface area contributed by atoms with E-state index in [2.05, 4.69) is 4.98 Å². The van der Waals surface area contributed by atoms with Crippen molar-refractivity contribution in [2.45, 2.75) is 13.0 Å². The Bertz CT molecular complexity index is 1480. The third kappa shape index (κ3) is 5.78. The molecule has 0 atom stereocenters. The maximum Gasteiger partial charge on any atom is 0.253 e. The van der Waals surface area contributed by atoms with Gasteiger partial charge in [-0.15, -0.1) is 0 Å². The number of benzene rings is 3. The Morgan fingerprint density at radius 1 is 0.923 bits per heavy atom. The lowest BCUT2D eigenvalue weighted by Crippen LogP contribution is -2.35. The summed E-state index contributed by atoms with van der Waals surface area (Å²) in [7, 11) is 3.15. The van der Waals surface area contributed by atoms with Gasteiger partial charge in [-0.3, -0.25) is 4.79 Å². The number of nitrogens with zero attached hydrogens (tertiary/aromatic N) is 4. The number of anilines is 2. The normalized spacial score (nSPS) is 13.7. The Morgan fingerprint density at radius 3 is 2.44 bits per heavy atom. The fourth-order valence-electron chi connectivity index (χ4n) is 4.60. The van der Waals surface area contributed by atoms with Gasteiger partial charge in [-0.1, -0.05) is 41.9 Å². The van der Waals surface area contributed by atoms with Gasteiger partial charge < -0.3 is 29.7 Å². The number of fused-ring (bicyclic) bond motifs is 1. The Balaban J connectivity index is 1.27. The quantitative estimate of drug-likeness (QED) is 0.351. The molecular formula is C29H30ClN5O4. The van der Waals surface area contributed by atoms with Crippen LogP contribution in [0.4, 0.5) is 11.8 Å². The lowest BCUT2D eigenvalue weighted by Gasteiger charge is -2.23. The van der Waals surface area contributed by atoms with Crippen LogP contribution in [-0.4, -0.2) is 61.2 Å². The minimum Gasteiger partial charge on any atom is -0.493 e. The number of hydrogen-bond donors (Lipinski definition) is 1. The monoisotopic (exact) mass is 547 g/mol. The van der Waals surface area contributed by atoms with Crippen molar-refractivity contribution in [1.82, 2.24) is 14.9 Å². The summed E-state index contributed by atoms with van der Waals surface area (Å²) in [5.41, 5.74) is 8.51. The van der Waals surface area contributed by atoms with Crippen LogP contribution in [0.25, 0.3) is 10.9 Å². The van der Waals surface area contributed by atoms with Crippen molar-refractivity contribution < 1.29 is 19.0 Å². The van der Waals surface area contributed by atoms with Gasteiger partial charge in [-0.05, 0) is 36.2 Å². The molecule has 5 rings (SSSR count). The second kappa shape index (κ2) is 11.7. The summed E-state index contributed by atoms with van der Waals surface area (Å²) in [6, 6.07) is 18.6. The summed E-state index contributed by atoms with van der Waals surface area (Å²) in [5, 5.41) is 1.09. The van der Waals surface area contributed by atoms with Gasteiger partial charge in [-0.25, -0.2) is 4.98 Å². The summed E-state index contributed by atoms with van der Waals surface area (Å²) in [4.78, 5) is 26.5. The van der Waals surface area contributed by atoms with E-state index in [0.29, 0.717) is 83.3 Å². The molecule has 0 unspecified atom stereocenters. The molecule has 10 heteroatoms. The number of carbonyl (C=O) groups is 1. The number of carbonyl (C=O) groups excluding carboxylic acids is 1. The van der Waals surface area contributed by atoms with E-state index in [9.17, 15) is 4.79 Å². The first-order chi connectivity index (χ1) is 19.0. The number of aromatic nitrogens is 2. The van der Waals surface area contributed by atoms with Crippen molar-refractivity contribution in [3.8, 4) is 17.2 Å². The van der Waals surface area contributed by atoms with Crippen LogP contribution in [0.5, 0.6) is 17.2 Å². The molecule has 0 spiro atoms. The number of halogens is 1. The Hall–Kier alpha value is -4.24. The molecule has 9 nitrogen and oxygen atoms in total. The number of amides is 1. The molecule has 1 aromatic heterocycles. The number of rotatable bonds is 7. The van der Waals surface area contributed by atoms with Gasteiger partial charge >= 0.3 is 0 Å². The maximum atomic E-state index is 13.3. The minimum absolute atomic E-state index is 0.0795. The molecule has 39 heavy (non-hydrogen) atoms. The number of nitrogens with two attached hydrogens (primary N) is 1. The van der Waals surface area contributed by atoms with Crippen molar-refractivity contribution in [2.75, 3.05) is 51.0 Å². The summed E-state index contributed by atoms with van der Waals surface area (Å²) in [6.07, 6.45) is 0.755. The van der Waals surface area contributed by atoms with Gasteiger partial charge in [-0.2, -0.15) is 4.98 Å². The fraction of sp³-hybridized carbons (Fsp3) is 0.276. The van der Waals surface area contributed by atoms with E-state index in [0.717, 1.165) is 12.0 Å². The SMILES string of the molecule is COc1cc2nc(N3CCCN(C(=O)c4ccc(OCc5ccccc5)c(Cl)c4)CC3)nc(N)c2cc1OC. The van der Waals surface area contributed by atoms with Crippen LogP contribution in [0.2, 0.25) is 5.02 Å². The summed E-state index contributed by atoms with van der Waals surface area (Å²) in [5.74, 6) is 2.47. The van der Waals surface area contributed by atoms with Crippen LogP contribution in [0.15, 0.2) is 60.7 Å². The van der Waals surface area contributed by atoms with Gasteiger partial charge in [0, 0.05) is 43.2 Å². The highest BCUT2D eigenvalue weighted by molar-refractivity contribution is 6.32. The molecule has 2 heterocycles. The zero-order chi connectivity index (χ0) is 27.4. The largest absolute Gasteiger partial charge is 0.493 e. The van der Waals surface area contributed by atoms with E-state index >= 15 is 0 Å². The molecule has 0 aliphatic carbocycles. The lowest BCUT2D eigenvalue weighted by molar-refractivity contribution is 0.0767. The summed E-state index contributed by atoms with van der Waals surface area (Å²) >= 11 is 6.47. The molecule has 1 saturated heterocycles. The zero-order valence-corrected chi connectivity index (χ0v) is 22.6. The van der Waals surface area contributed by atoms with Crippen molar-refractivity contribution in [2.24, 2.45) is 0 Å². The lowest BCUT2D eigenvalue weighted by atomic mass is 10.2. The minimum atomic E-state index is -0.0795. The first-order valence-electron chi connectivity index (χ1n) is 12.7. The average molecular weight is 548 g/mol. The molecule has 1 fully saturated rings. The van der Waals surface area contributed by atoms with Crippen LogP contribution in [0.3, 0.4) is 0 Å². The van der Waals surface area contributed by atoms with Crippen LogP contribution in [-0.2, 0) is 6.61 Å². The van der Waals surface area contributed by atoms with E-state index in [1.54, 1.807) is 44.6 Å². The highest BCUT2D eigenvalue weighted by Gasteiger charge is 2.23. The van der Waals surface area contributed by atoms with Crippen LogP contribution in [0, 0.1) is 0 Å². The van der Waals surface area contributed by atoms with Crippen LogP contribution < -0.4 is 24.8 Å². The third-order valence-corrected chi connectivity index (χ3v) is 7.00. The Kier molecular flexibility index (Phi) is 7.88. The molecule has 1 aliphatic heterocycles. The molecule has 1 aliphatic rings. The Morgan fingerprint density at radius 2 is 1.69 bits per heavy atom. The van der Waals surface area contributed by atoms with Gasteiger partial charge in [0.25, 0.3) is 5.91 Å². The van der Waals surface area contributed by atoms with E-state index in [-0.39, 0.29) is 5.91 Å². The molecule has 0 bridgehead atoms. The maximum absolute atomic E-state index is 13.3. The molecule has 0 saturated carbocycles. The predicted molar refractivity (Wildman–Crippen MR) is 152 cm³/mol. The molecule has 4 aromatic rings. The number of nitrogen functional groups attached to an aromatic ring is 1. The highest BCUT2D eigenvalue weighted by Crippen LogP contribution is 2.34. The van der Waals surface area contributed by atoms with Crippen molar-refractivity contribution in [3.63, 3.8) is 0 Å². The zero-order valence-electron chi connectivity index (χ0n) is 21.9. The van der Waals surface area contributed by atoms with Gasteiger partial charge in [0.1, 0.15) is 18.2 Å². The average Bonchev–Trinajstić information content (AvgIpc) is 3.22. The van der Waals surface area contributed by atoms with E-state index < -0.39 is 0 Å². The molecule has 0 radical (unpaired) electrons. The first-order valence-corrected chi connectivity index (χ1v) is 13.0. The third-order valence-electron chi connectivity index (χ3n) is 6.70. The predicted octanol–water partition coefficient (Wildman–Crippen LogP) is 4.81.